The fourth-order valence-electron chi connectivity index (χ4n) is 6.41. The average Bonchev–Trinajstić information content (AvgIpc) is 3.59. The van der Waals surface area contributed by atoms with Crippen LogP contribution in [0.3, 0.4) is 0 Å². The first-order valence-corrected chi connectivity index (χ1v) is 15.0. The molecule has 2 aliphatic heterocycles. The molecule has 1 aromatic carbocycles. The summed E-state index contributed by atoms with van der Waals surface area (Å²) in [7, 11) is 0. The van der Waals surface area contributed by atoms with E-state index in [-0.39, 0.29) is 6.04 Å². The number of ether oxygens (including phenoxy) is 1. The lowest BCUT2D eigenvalue weighted by Crippen LogP contribution is -2.38. The van der Waals surface area contributed by atoms with Crippen LogP contribution in [0, 0.1) is 6.92 Å². The fourth-order valence-corrected chi connectivity index (χ4v) is 6.69. The van der Waals surface area contributed by atoms with Crippen molar-refractivity contribution in [2.75, 3.05) is 53.6 Å². The standard InChI is InChI=1S/C28H34N8OS/c1-18-7-5-10-21-25(18)26(31-28(30-21)33-38-2)35-12-4-3-11-23(35)22-17-24-29-20-9-6-8-19(20)27(36(24)32-22)34-13-15-37-16-14-34/h5,7,10,17,23H,3-4,6,8-9,11-16H2,1-2H3,(H,30,31,33). The zero-order chi connectivity index (χ0) is 25.6. The highest BCUT2D eigenvalue weighted by Crippen LogP contribution is 2.40. The molecule has 9 nitrogen and oxygen atoms in total. The number of hydrogen-bond acceptors (Lipinski definition) is 9. The predicted molar refractivity (Wildman–Crippen MR) is 153 cm³/mol. The van der Waals surface area contributed by atoms with Gasteiger partial charge >= 0.3 is 0 Å². The van der Waals surface area contributed by atoms with Gasteiger partial charge in [0.25, 0.3) is 0 Å². The smallest absolute Gasteiger partial charge is 0.235 e. The molecule has 0 spiro atoms. The molecule has 0 amide bonds. The topological polar surface area (TPSA) is 83.7 Å². The highest BCUT2D eigenvalue weighted by atomic mass is 32.2. The van der Waals surface area contributed by atoms with Crippen molar-refractivity contribution >= 4 is 46.1 Å². The summed E-state index contributed by atoms with van der Waals surface area (Å²) in [5, 5.41) is 6.42. The second-order valence-electron chi connectivity index (χ2n) is 10.5. The van der Waals surface area contributed by atoms with Gasteiger partial charge in [0.2, 0.25) is 5.95 Å². The molecule has 0 bridgehead atoms. The molecule has 5 heterocycles. The molecule has 7 rings (SSSR count). The van der Waals surface area contributed by atoms with Crippen LogP contribution in [0.15, 0.2) is 24.3 Å². The highest BCUT2D eigenvalue weighted by molar-refractivity contribution is 7.99. The van der Waals surface area contributed by atoms with Crippen LogP contribution >= 0.6 is 11.9 Å². The van der Waals surface area contributed by atoms with Gasteiger partial charge in [0, 0.05) is 48.6 Å². The van der Waals surface area contributed by atoms with E-state index in [0.29, 0.717) is 5.95 Å². The monoisotopic (exact) mass is 530 g/mol. The summed E-state index contributed by atoms with van der Waals surface area (Å²) >= 11 is 1.52. The van der Waals surface area contributed by atoms with Gasteiger partial charge in [-0.2, -0.15) is 14.6 Å². The van der Waals surface area contributed by atoms with Crippen molar-refractivity contribution < 1.29 is 4.74 Å². The number of benzene rings is 1. The Bertz CT molecular complexity index is 1500. The summed E-state index contributed by atoms with van der Waals surface area (Å²) in [6.07, 6.45) is 8.65. The van der Waals surface area contributed by atoms with E-state index in [2.05, 4.69) is 50.2 Å². The molecule has 1 N–H and O–H groups in total. The van der Waals surface area contributed by atoms with Gasteiger partial charge in [-0.1, -0.05) is 24.1 Å². The van der Waals surface area contributed by atoms with Crippen LogP contribution in [0.25, 0.3) is 16.6 Å². The van der Waals surface area contributed by atoms with Gasteiger partial charge in [0.1, 0.15) is 11.6 Å². The molecular weight excluding hydrogens is 496 g/mol. The van der Waals surface area contributed by atoms with Gasteiger partial charge in [-0.25, -0.2) is 9.97 Å². The first kappa shape index (κ1) is 24.0. The number of morpholine rings is 1. The number of anilines is 3. The van der Waals surface area contributed by atoms with Crippen molar-refractivity contribution in [1.82, 2.24) is 24.6 Å². The van der Waals surface area contributed by atoms with Crippen molar-refractivity contribution in [2.24, 2.45) is 0 Å². The van der Waals surface area contributed by atoms with Crippen LogP contribution in [-0.2, 0) is 17.6 Å². The number of fused-ring (bicyclic) bond motifs is 3. The van der Waals surface area contributed by atoms with E-state index in [9.17, 15) is 0 Å². The number of hydrogen-bond donors (Lipinski definition) is 1. The Morgan fingerprint density at radius 1 is 1.03 bits per heavy atom. The van der Waals surface area contributed by atoms with Crippen molar-refractivity contribution in [1.29, 1.82) is 0 Å². The minimum absolute atomic E-state index is 0.137. The molecule has 1 unspecified atom stereocenters. The quantitative estimate of drug-likeness (QED) is 0.368. The van der Waals surface area contributed by atoms with E-state index >= 15 is 0 Å². The van der Waals surface area contributed by atoms with Gasteiger partial charge in [-0.15, -0.1) is 0 Å². The number of nitrogens with one attached hydrogen (secondary N) is 1. The molecule has 4 aromatic rings. The van der Waals surface area contributed by atoms with Gasteiger partial charge in [0.05, 0.1) is 30.5 Å². The third kappa shape index (κ3) is 4.05. The maximum absolute atomic E-state index is 5.68. The van der Waals surface area contributed by atoms with E-state index in [1.165, 1.54) is 47.4 Å². The largest absolute Gasteiger partial charge is 0.378 e. The molecule has 3 aromatic heterocycles. The van der Waals surface area contributed by atoms with Crippen molar-refractivity contribution in [3.63, 3.8) is 0 Å². The molecule has 0 saturated carbocycles. The van der Waals surface area contributed by atoms with E-state index in [1.54, 1.807) is 0 Å². The zero-order valence-electron chi connectivity index (χ0n) is 22.1. The summed E-state index contributed by atoms with van der Waals surface area (Å²) in [5.41, 5.74) is 6.82. The number of piperidine rings is 1. The predicted octanol–water partition coefficient (Wildman–Crippen LogP) is 4.73. The number of rotatable bonds is 5. The SMILES string of the molecule is CSNc1nc(N2CCCCC2c2cc3nc4c(c(N5CCOCC5)n3n2)CCC4)c2c(C)cccc2n1. The van der Waals surface area contributed by atoms with Gasteiger partial charge in [-0.05, 0) is 57.1 Å². The molecule has 1 atom stereocenters. The Balaban J connectivity index is 1.36. The molecule has 0 radical (unpaired) electrons. The summed E-state index contributed by atoms with van der Waals surface area (Å²) < 4.78 is 11.1. The Morgan fingerprint density at radius 3 is 2.79 bits per heavy atom. The Labute approximate surface area is 227 Å². The Hall–Kier alpha value is -3.11. The summed E-state index contributed by atoms with van der Waals surface area (Å²) in [4.78, 5) is 19.9. The second kappa shape index (κ2) is 9.89. The zero-order valence-corrected chi connectivity index (χ0v) is 22.9. The number of aromatic nitrogens is 5. The third-order valence-corrected chi connectivity index (χ3v) is 8.54. The second-order valence-corrected chi connectivity index (χ2v) is 11.1. The Morgan fingerprint density at radius 2 is 1.92 bits per heavy atom. The van der Waals surface area contributed by atoms with Crippen molar-refractivity contribution in [3.05, 3.63) is 46.8 Å². The van der Waals surface area contributed by atoms with Gasteiger partial charge < -0.3 is 14.5 Å². The molecule has 198 valence electrons. The van der Waals surface area contributed by atoms with Crippen LogP contribution in [-0.4, -0.2) is 63.7 Å². The molecular formula is C28H34N8OS. The normalized spacial score (nSPS) is 19.9. The van der Waals surface area contributed by atoms with Crippen LogP contribution in [0.4, 0.5) is 17.6 Å². The summed E-state index contributed by atoms with van der Waals surface area (Å²) in [6.45, 7) is 6.41. The maximum Gasteiger partial charge on any atom is 0.235 e. The Kier molecular flexibility index (Phi) is 6.24. The first-order valence-electron chi connectivity index (χ1n) is 13.8. The van der Waals surface area contributed by atoms with Crippen molar-refractivity contribution in [3.8, 4) is 0 Å². The lowest BCUT2D eigenvalue weighted by Gasteiger charge is -2.36. The van der Waals surface area contributed by atoms with Gasteiger partial charge in [-0.3, -0.25) is 4.72 Å². The fraction of sp³-hybridized carbons (Fsp3) is 0.500. The molecule has 1 aliphatic carbocycles. The molecule has 3 aliphatic rings. The van der Waals surface area contributed by atoms with E-state index in [1.807, 2.05) is 6.26 Å². The minimum atomic E-state index is 0.137. The summed E-state index contributed by atoms with van der Waals surface area (Å²) in [5.74, 6) is 2.88. The van der Waals surface area contributed by atoms with Crippen LogP contribution in [0.1, 0.15) is 54.2 Å². The average molecular weight is 531 g/mol. The van der Waals surface area contributed by atoms with E-state index < -0.39 is 0 Å². The molecule has 38 heavy (non-hydrogen) atoms. The number of nitrogens with zero attached hydrogens (tertiary/aromatic N) is 7. The van der Waals surface area contributed by atoms with Gasteiger partial charge in [0.15, 0.2) is 5.65 Å². The van der Waals surface area contributed by atoms with Crippen molar-refractivity contribution in [2.45, 2.75) is 51.5 Å². The van der Waals surface area contributed by atoms with Crippen LogP contribution < -0.4 is 14.5 Å². The first-order chi connectivity index (χ1) is 18.7. The third-order valence-electron chi connectivity index (χ3n) is 8.15. The number of aryl methyl sites for hydroxylation is 2. The minimum Gasteiger partial charge on any atom is -0.378 e. The molecule has 2 saturated heterocycles. The maximum atomic E-state index is 5.68. The van der Waals surface area contributed by atoms with E-state index in [4.69, 9.17) is 24.8 Å². The lowest BCUT2D eigenvalue weighted by molar-refractivity contribution is 0.122. The van der Waals surface area contributed by atoms with E-state index in [0.717, 1.165) is 86.6 Å². The lowest BCUT2D eigenvalue weighted by atomic mass is 9.98. The molecule has 10 heteroatoms. The highest BCUT2D eigenvalue weighted by Gasteiger charge is 2.32. The summed E-state index contributed by atoms with van der Waals surface area (Å²) in [6, 6.07) is 8.68. The van der Waals surface area contributed by atoms with Crippen LogP contribution in [0.2, 0.25) is 0 Å². The molecule has 2 fully saturated rings. The van der Waals surface area contributed by atoms with Crippen LogP contribution in [0.5, 0.6) is 0 Å².